The minimum Gasteiger partial charge on any atom is -0.382 e. The molecular weight excluding hydrogens is 334 g/mol. The molecule has 2 aromatic heterocycles. The largest absolute Gasteiger partial charge is 0.382 e. The van der Waals surface area contributed by atoms with Crippen LogP contribution in [0.4, 0.5) is 0 Å². The number of amides is 1. The van der Waals surface area contributed by atoms with Crippen molar-refractivity contribution in [2.75, 3.05) is 20.3 Å². The molecule has 140 valence electrons. The molecule has 0 unspecified atom stereocenters. The molecule has 1 saturated carbocycles. The van der Waals surface area contributed by atoms with E-state index in [0.29, 0.717) is 18.9 Å². The van der Waals surface area contributed by atoms with Crippen LogP contribution in [0.3, 0.4) is 0 Å². The highest BCUT2D eigenvalue weighted by Crippen LogP contribution is 2.21. The first kappa shape index (κ1) is 18.5. The van der Waals surface area contributed by atoms with E-state index in [9.17, 15) is 4.79 Å². The number of aryl methyl sites for hydroxylation is 1. The number of rotatable bonds is 7. The molecule has 2 aromatic rings. The fourth-order valence-corrected chi connectivity index (χ4v) is 3.14. The molecule has 1 amide bonds. The van der Waals surface area contributed by atoms with Crippen LogP contribution in [0.5, 0.6) is 0 Å². The van der Waals surface area contributed by atoms with Gasteiger partial charge in [-0.3, -0.25) is 4.79 Å². The summed E-state index contributed by atoms with van der Waals surface area (Å²) in [6.07, 6.45) is 8.93. The van der Waals surface area contributed by atoms with Crippen LogP contribution in [-0.4, -0.2) is 57.9 Å². The molecule has 26 heavy (non-hydrogen) atoms. The van der Waals surface area contributed by atoms with Gasteiger partial charge in [0.25, 0.3) is 5.91 Å². The van der Waals surface area contributed by atoms with Crippen LogP contribution in [0.25, 0.3) is 11.4 Å². The van der Waals surface area contributed by atoms with Crippen molar-refractivity contribution in [3.8, 4) is 11.4 Å². The Hall–Kier alpha value is -2.32. The Labute approximate surface area is 153 Å². The molecule has 1 aliphatic rings. The van der Waals surface area contributed by atoms with Gasteiger partial charge in [-0.1, -0.05) is 0 Å². The number of carbonyl (C=O) groups is 1. The molecule has 3 rings (SSSR count). The van der Waals surface area contributed by atoms with Crippen molar-refractivity contribution in [2.45, 2.75) is 37.8 Å². The van der Waals surface area contributed by atoms with Gasteiger partial charge in [0.1, 0.15) is 0 Å². The number of hydrogen-bond donors (Lipinski definition) is 1. The molecule has 8 heteroatoms. The minimum atomic E-state index is -0.238. The van der Waals surface area contributed by atoms with Crippen LogP contribution in [0.1, 0.15) is 36.3 Å². The third-order valence-electron chi connectivity index (χ3n) is 4.59. The second-order valence-corrected chi connectivity index (χ2v) is 6.47. The maximum absolute atomic E-state index is 12.5. The first-order valence-electron chi connectivity index (χ1n) is 8.88. The van der Waals surface area contributed by atoms with E-state index >= 15 is 0 Å². The number of methoxy groups -OCH3 is 1. The Kier molecular flexibility index (Phi) is 6.30. The summed E-state index contributed by atoms with van der Waals surface area (Å²) in [4.78, 5) is 25.1. The molecule has 0 spiro atoms. The lowest BCUT2D eigenvalue weighted by molar-refractivity contribution is -0.00410. The van der Waals surface area contributed by atoms with Crippen molar-refractivity contribution in [1.82, 2.24) is 24.8 Å². The fourth-order valence-electron chi connectivity index (χ4n) is 3.14. The molecule has 0 aliphatic heterocycles. The molecule has 0 aromatic carbocycles. The Balaban J connectivity index is 1.54. The van der Waals surface area contributed by atoms with Gasteiger partial charge in [0.05, 0.1) is 43.2 Å². The number of imidazole rings is 1. The lowest BCUT2D eigenvalue weighted by atomic mass is 9.93. The number of ether oxygens (including phenoxy) is 2. The third-order valence-corrected chi connectivity index (χ3v) is 4.59. The maximum Gasteiger partial charge on any atom is 0.289 e. The molecule has 0 saturated heterocycles. The fraction of sp³-hybridized carbons (Fsp3) is 0.556. The van der Waals surface area contributed by atoms with Crippen molar-refractivity contribution in [2.24, 2.45) is 7.05 Å². The van der Waals surface area contributed by atoms with Crippen molar-refractivity contribution in [3.63, 3.8) is 0 Å². The number of nitrogens with one attached hydrogen (secondary N) is 1. The van der Waals surface area contributed by atoms with Crippen molar-refractivity contribution < 1.29 is 14.3 Å². The molecule has 1 N–H and O–H groups in total. The van der Waals surface area contributed by atoms with Crippen LogP contribution >= 0.6 is 0 Å². The SMILES string of the molecule is COCCOC1CCC(NC(=O)c2nccc(-c3cncn3C)n2)CC1. The summed E-state index contributed by atoms with van der Waals surface area (Å²) < 4.78 is 12.6. The Morgan fingerprint density at radius 1 is 1.31 bits per heavy atom. The van der Waals surface area contributed by atoms with Crippen LogP contribution in [0, 0.1) is 0 Å². The molecule has 2 heterocycles. The van der Waals surface area contributed by atoms with Gasteiger partial charge in [0.2, 0.25) is 5.82 Å². The Bertz CT molecular complexity index is 725. The van der Waals surface area contributed by atoms with E-state index in [1.165, 1.54) is 0 Å². The highest BCUT2D eigenvalue weighted by Gasteiger charge is 2.24. The van der Waals surface area contributed by atoms with E-state index in [0.717, 1.165) is 31.4 Å². The summed E-state index contributed by atoms with van der Waals surface area (Å²) >= 11 is 0. The van der Waals surface area contributed by atoms with Gasteiger partial charge in [0, 0.05) is 26.4 Å². The first-order valence-corrected chi connectivity index (χ1v) is 8.88. The van der Waals surface area contributed by atoms with E-state index in [1.54, 1.807) is 31.9 Å². The van der Waals surface area contributed by atoms with Crippen LogP contribution < -0.4 is 5.32 Å². The predicted octanol–water partition coefficient (Wildman–Crippen LogP) is 1.58. The highest BCUT2D eigenvalue weighted by atomic mass is 16.5. The summed E-state index contributed by atoms with van der Waals surface area (Å²) in [5, 5.41) is 3.04. The van der Waals surface area contributed by atoms with E-state index in [-0.39, 0.29) is 23.9 Å². The van der Waals surface area contributed by atoms with Gasteiger partial charge in [-0.2, -0.15) is 0 Å². The summed E-state index contributed by atoms with van der Waals surface area (Å²) in [7, 11) is 3.55. The van der Waals surface area contributed by atoms with Crippen LogP contribution in [0.2, 0.25) is 0 Å². The molecular formula is C18H25N5O3. The lowest BCUT2D eigenvalue weighted by Crippen LogP contribution is -2.40. The molecule has 1 aliphatic carbocycles. The van der Waals surface area contributed by atoms with E-state index in [2.05, 4.69) is 20.3 Å². The zero-order valence-corrected chi connectivity index (χ0v) is 15.2. The number of nitrogens with zero attached hydrogens (tertiary/aromatic N) is 4. The smallest absolute Gasteiger partial charge is 0.289 e. The summed E-state index contributed by atoms with van der Waals surface area (Å²) in [5.41, 5.74) is 1.52. The zero-order chi connectivity index (χ0) is 18.4. The van der Waals surface area contributed by atoms with Gasteiger partial charge < -0.3 is 19.4 Å². The molecule has 0 radical (unpaired) electrons. The average Bonchev–Trinajstić information content (AvgIpc) is 3.09. The van der Waals surface area contributed by atoms with Crippen LogP contribution in [0.15, 0.2) is 24.8 Å². The minimum absolute atomic E-state index is 0.133. The number of hydrogen-bond acceptors (Lipinski definition) is 6. The lowest BCUT2D eigenvalue weighted by Gasteiger charge is -2.28. The van der Waals surface area contributed by atoms with Crippen LogP contribution in [-0.2, 0) is 16.5 Å². The normalized spacial score (nSPS) is 20.1. The van der Waals surface area contributed by atoms with Crippen molar-refractivity contribution in [3.05, 3.63) is 30.6 Å². The maximum atomic E-state index is 12.5. The van der Waals surface area contributed by atoms with Gasteiger partial charge in [-0.05, 0) is 31.7 Å². The molecule has 8 nitrogen and oxygen atoms in total. The highest BCUT2D eigenvalue weighted by molar-refractivity contribution is 5.91. The van der Waals surface area contributed by atoms with Gasteiger partial charge in [0.15, 0.2) is 0 Å². The van der Waals surface area contributed by atoms with Gasteiger partial charge in [-0.15, -0.1) is 0 Å². The summed E-state index contributed by atoms with van der Waals surface area (Å²) in [6.45, 7) is 1.23. The molecule has 0 atom stereocenters. The third kappa shape index (κ3) is 4.64. The second kappa shape index (κ2) is 8.86. The topological polar surface area (TPSA) is 91.2 Å². The predicted molar refractivity (Wildman–Crippen MR) is 95.6 cm³/mol. The standard InChI is InChI=1S/C18H25N5O3/c1-23-12-19-11-16(23)15-7-8-20-17(22-15)18(24)21-13-3-5-14(6-4-13)26-10-9-25-2/h7-8,11-14H,3-6,9-10H2,1-2H3,(H,21,24). The Morgan fingerprint density at radius 2 is 2.12 bits per heavy atom. The monoisotopic (exact) mass is 359 g/mol. The number of aromatic nitrogens is 4. The van der Waals surface area contributed by atoms with E-state index < -0.39 is 0 Å². The van der Waals surface area contributed by atoms with Crippen molar-refractivity contribution >= 4 is 5.91 Å². The average molecular weight is 359 g/mol. The van der Waals surface area contributed by atoms with Gasteiger partial charge in [-0.25, -0.2) is 15.0 Å². The first-order chi connectivity index (χ1) is 12.7. The molecule has 1 fully saturated rings. The Morgan fingerprint density at radius 3 is 2.81 bits per heavy atom. The quantitative estimate of drug-likeness (QED) is 0.755. The molecule has 0 bridgehead atoms. The number of carbonyl (C=O) groups excluding carboxylic acids is 1. The van der Waals surface area contributed by atoms with E-state index in [4.69, 9.17) is 9.47 Å². The van der Waals surface area contributed by atoms with Crippen molar-refractivity contribution in [1.29, 1.82) is 0 Å². The summed E-state index contributed by atoms with van der Waals surface area (Å²) in [5.74, 6) is -0.0556. The van der Waals surface area contributed by atoms with Gasteiger partial charge >= 0.3 is 0 Å². The summed E-state index contributed by atoms with van der Waals surface area (Å²) in [6, 6.07) is 1.91. The van der Waals surface area contributed by atoms with E-state index in [1.807, 2.05) is 11.6 Å². The zero-order valence-electron chi connectivity index (χ0n) is 15.2. The second-order valence-electron chi connectivity index (χ2n) is 6.47.